The largest absolute Gasteiger partial charge is 0.506 e. The molecule has 1 aromatic carbocycles. The van der Waals surface area contributed by atoms with Gasteiger partial charge in [-0.3, -0.25) is 4.79 Å². The standard InChI is InChI=1S/C11H13I2NO3/c1-2-7(5-15)14-11(17)8-3-6(12)4-9(13)10(8)16/h3-4,7,15-16H,2,5H2,1H3,(H,14,17). The van der Waals surface area contributed by atoms with Crippen molar-refractivity contribution >= 4 is 51.1 Å². The second-order valence-corrected chi connectivity index (χ2v) is 5.95. The van der Waals surface area contributed by atoms with Crippen LogP contribution in [0.1, 0.15) is 23.7 Å². The van der Waals surface area contributed by atoms with Gasteiger partial charge in [0.25, 0.3) is 5.91 Å². The van der Waals surface area contributed by atoms with Crippen LogP contribution in [0.4, 0.5) is 0 Å². The molecule has 0 heterocycles. The number of benzene rings is 1. The number of carbonyl (C=O) groups excluding carboxylic acids is 1. The van der Waals surface area contributed by atoms with Gasteiger partial charge in [0.15, 0.2) is 0 Å². The summed E-state index contributed by atoms with van der Waals surface area (Å²) in [5, 5.41) is 21.5. The summed E-state index contributed by atoms with van der Waals surface area (Å²) in [4.78, 5) is 11.9. The second kappa shape index (κ2) is 6.74. The Morgan fingerprint density at radius 3 is 2.65 bits per heavy atom. The van der Waals surface area contributed by atoms with Crippen molar-refractivity contribution in [1.82, 2.24) is 5.32 Å². The molecule has 0 aliphatic heterocycles. The fraction of sp³-hybridized carbons (Fsp3) is 0.364. The van der Waals surface area contributed by atoms with Gasteiger partial charge in [0, 0.05) is 3.57 Å². The van der Waals surface area contributed by atoms with Crippen LogP contribution in [0.2, 0.25) is 0 Å². The first kappa shape index (κ1) is 15.0. The highest BCUT2D eigenvalue weighted by Crippen LogP contribution is 2.26. The molecule has 1 rings (SSSR count). The predicted octanol–water partition coefficient (Wildman–Crippen LogP) is 2.10. The van der Waals surface area contributed by atoms with Crippen LogP contribution in [0.15, 0.2) is 12.1 Å². The molecule has 0 radical (unpaired) electrons. The van der Waals surface area contributed by atoms with Crippen molar-refractivity contribution in [2.45, 2.75) is 19.4 Å². The van der Waals surface area contributed by atoms with Gasteiger partial charge in [-0.05, 0) is 63.7 Å². The Balaban J connectivity index is 2.96. The summed E-state index contributed by atoms with van der Waals surface area (Å²) in [6.07, 6.45) is 0.643. The van der Waals surface area contributed by atoms with Gasteiger partial charge in [0.2, 0.25) is 0 Å². The van der Waals surface area contributed by atoms with E-state index in [0.717, 1.165) is 3.57 Å². The van der Waals surface area contributed by atoms with E-state index in [9.17, 15) is 9.90 Å². The Morgan fingerprint density at radius 1 is 1.47 bits per heavy atom. The average molecular weight is 461 g/mol. The van der Waals surface area contributed by atoms with Crippen LogP contribution in [0.5, 0.6) is 5.75 Å². The molecule has 0 fully saturated rings. The smallest absolute Gasteiger partial charge is 0.255 e. The second-order valence-electron chi connectivity index (χ2n) is 3.54. The lowest BCUT2D eigenvalue weighted by Crippen LogP contribution is -2.37. The minimum Gasteiger partial charge on any atom is -0.506 e. The number of rotatable bonds is 4. The van der Waals surface area contributed by atoms with Crippen LogP contribution >= 0.6 is 45.2 Å². The van der Waals surface area contributed by atoms with Crippen molar-refractivity contribution in [2.24, 2.45) is 0 Å². The van der Waals surface area contributed by atoms with Gasteiger partial charge in [-0.2, -0.15) is 0 Å². The topological polar surface area (TPSA) is 69.6 Å². The third kappa shape index (κ3) is 3.95. The van der Waals surface area contributed by atoms with E-state index in [1.165, 1.54) is 0 Å². The predicted molar refractivity (Wildman–Crippen MR) is 82.2 cm³/mol. The molecule has 6 heteroatoms. The van der Waals surface area contributed by atoms with Gasteiger partial charge in [-0.25, -0.2) is 0 Å². The SMILES string of the molecule is CCC(CO)NC(=O)c1cc(I)cc(I)c1O. The molecular formula is C11H13I2NO3. The first-order valence-corrected chi connectivity index (χ1v) is 7.25. The molecule has 0 bridgehead atoms. The molecule has 0 saturated carbocycles. The third-order valence-electron chi connectivity index (χ3n) is 2.32. The van der Waals surface area contributed by atoms with Crippen molar-refractivity contribution in [3.05, 3.63) is 24.8 Å². The van der Waals surface area contributed by atoms with Crippen molar-refractivity contribution in [3.63, 3.8) is 0 Å². The van der Waals surface area contributed by atoms with E-state index in [1.807, 2.05) is 29.5 Å². The summed E-state index contributed by atoms with van der Waals surface area (Å²) in [7, 11) is 0. The quantitative estimate of drug-likeness (QED) is 0.603. The van der Waals surface area contributed by atoms with E-state index in [4.69, 9.17) is 5.11 Å². The normalized spacial score (nSPS) is 12.2. The minimum absolute atomic E-state index is 0.0173. The molecule has 1 amide bonds. The fourth-order valence-electron chi connectivity index (χ4n) is 1.28. The van der Waals surface area contributed by atoms with Crippen molar-refractivity contribution < 1.29 is 15.0 Å². The number of amides is 1. The Bertz CT molecular complexity index is 419. The highest BCUT2D eigenvalue weighted by Gasteiger charge is 2.17. The van der Waals surface area contributed by atoms with Crippen LogP contribution in [-0.4, -0.2) is 28.8 Å². The van der Waals surface area contributed by atoms with E-state index in [-0.39, 0.29) is 29.9 Å². The number of phenolic OH excluding ortho intramolecular Hbond substituents is 1. The summed E-state index contributed by atoms with van der Waals surface area (Å²) >= 11 is 4.07. The number of aliphatic hydroxyl groups is 1. The van der Waals surface area contributed by atoms with Gasteiger partial charge in [-0.1, -0.05) is 6.92 Å². The lowest BCUT2D eigenvalue weighted by atomic mass is 10.1. The molecule has 3 N–H and O–H groups in total. The first-order chi connectivity index (χ1) is 7.99. The highest BCUT2D eigenvalue weighted by atomic mass is 127. The van der Waals surface area contributed by atoms with Crippen molar-refractivity contribution in [3.8, 4) is 5.75 Å². The van der Waals surface area contributed by atoms with Crippen molar-refractivity contribution in [1.29, 1.82) is 0 Å². The number of carbonyl (C=O) groups is 1. The Labute approximate surface area is 127 Å². The van der Waals surface area contributed by atoms with E-state index in [2.05, 4.69) is 27.9 Å². The number of nitrogens with one attached hydrogen (secondary N) is 1. The van der Waals surface area contributed by atoms with Gasteiger partial charge in [0.05, 0.1) is 21.8 Å². The van der Waals surface area contributed by atoms with Gasteiger partial charge < -0.3 is 15.5 Å². The maximum absolute atomic E-state index is 11.9. The monoisotopic (exact) mass is 461 g/mol. The van der Waals surface area contributed by atoms with E-state index in [1.54, 1.807) is 12.1 Å². The third-order valence-corrected chi connectivity index (χ3v) is 3.77. The molecule has 94 valence electrons. The van der Waals surface area contributed by atoms with Gasteiger partial charge >= 0.3 is 0 Å². The Hall–Kier alpha value is -0.0900. The number of phenols is 1. The molecule has 17 heavy (non-hydrogen) atoms. The average Bonchev–Trinajstić information content (AvgIpc) is 2.30. The number of hydrogen-bond acceptors (Lipinski definition) is 3. The van der Waals surface area contributed by atoms with Crippen LogP contribution in [0, 0.1) is 7.14 Å². The summed E-state index contributed by atoms with van der Waals surface area (Å²) < 4.78 is 1.52. The van der Waals surface area contributed by atoms with E-state index in [0.29, 0.717) is 9.99 Å². The van der Waals surface area contributed by atoms with Crippen molar-refractivity contribution in [2.75, 3.05) is 6.61 Å². The molecule has 0 spiro atoms. The number of hydrogen-bond donors (Lipinski definition) is 3. The number of aromatic hydroxyl groups is 1. The van der Waals surface area contributed by atoms with Gasteiger partial charge in [-0.15, -0.1) is 0 Å². The molecule has 1 atom stereocenters. The molecule has 1 aromatic rings. The van der Waals surface area contributed by atoms with Crippen LogP contribution in [0.25, 0.3) is 0 Å². The maximum Gasteiger partial charge on any atom is 0.255 e. The molecule has 0 aliphatic carbocycles. The molecule has 0 saturated heterocycles. The zero-order chi connectivity index (χ0) is 13.0. The fourth-order valence-corrected chi connectivity index (χ4v) is 3.12. The summed E-state index contributed by atoms with van der Waals surface area (Å²) in [6, 6.07) is 3.13. The van der Waals surface area contributed by atoms with Crippen LogP contribution < -0.4 is 5.32 Å². The summed E-state index contributed by atoms with van der Waals surface area (Å²) in [5.74, 6) is -0.379. The zero-order valence-corrected chi connectivity index (χ0v) is 13.5. The molecular weight excluding hydrogens is 448 g/mol. The molecule has 0 aromatic heterocycles. The summed E-state index contributed by atoms with van der Waals surface area (Å²) in [5.41, 5.74) is 0.244. The lowest BCUT2D eigenvalue weighted by molar-refractivity contribution is 0.0912. The minimum atomic E-state index is -0.361. The molecule has 0 aliphatic rings. The van der Waals surface area contributed by atoms with Crippen LogP contribution in [-0.2, 0) is 0 Å². The van der Waals surface area contributed by atoms with E-state index >= 15 is 0 Å². The Kier molecular flexibility index (Phi) is 5.93. The number of aliphatic hydroxyl groups excluding tert-OH is 1. The molecule has 1 unspecified atom stereocenters. The Morgan fingerprint density at radius 2 is 2.12 bits per heavy atom. The molecule has 4 nitrogen and oxygen atoms in total. The first-order valence-electron chi connectivity index (χ1n) is 5.09. The highest BCUT2D eigenvalue weighted by molar-refractivity contribution is 14.1. The van der Waals surface area contributed by atoms with E-state index < -0.39 is 0 Å². The van der Waals surface area contributed by atoms with Crippen LogP contribution in [0.3, 0.4) is 0 Å². The lowest BCUT2D eigenvalue weighted by Gasteiger charge is -2.15. The summed E-state index contributed by atoms with van der Waals surface area (Å²) in [6.45, 7) is 1.77. The van der Waals surface area contributed by atoms with Gasteiger partial charge in [0.1, 0.15) is 5.75 Å². The maximum atomic E-state index is 11.9. The number of halogens is 2. The zero-order valence-electron chi connectivity index (χ0n) is 9.20.